The Morgan fingerprint density at radius 2 is 1.92 bits per heavy atom. The predicted octanol–water partition coefficient (Wildman–Crippen LogP) is 4.98. The van der Waals surface area contributed by atoms with Crippen LogP contribution in [0.2, 0.25) is 5.02 Å². The number of likely N-dealkylation sites (N-methyl/N-ethyl adjacent to an activating group) is 1. The molecule has 2 aliphatic rings. The highest BCUT2D eigenvalue weighted by Crippen LogP contribution is 2.53. The number of ether oxygens (including phenoxy) is 2. The number of carbonyl (C=O) groups excluding carboxylic acids is 1. The van der Waals surface area contributed by atoms with Crippen LogP contribution in [-0.2, 0) is 16.9 Å². The Hall–Kier alpha value is -3.69. The number of hydrogen-bond donors (Lipinski definition) is 1. The maximum Gasteiger partial charge on any atom is 0.256 e. The van der Waals surface area contributed by atoms with Gasteiger partial charge in [-0.2, -0.15) is 0 Å². The van der Waals surface area contributed by atoms with Crippen LogP contribution in [0, 0.1) is 15.9 Å². The molecule has 0 radical (unpaired) electrons. The first-order valence-corrected chi connectivity index (χ1v) is 12.2. The molecule has 1 amide bonds. The molecule has 3 aromatic carbocycles. The van der Waals surface area contributed by atoms with Gasteiger partial charge in [0.1, 0.15) is 12.4 Å². The summed E-state index contributed by atoms with van der Waals surface area (Å²) in [4.78, 5) is 27.3. The molecule has 1 saturated heterocycles. The van der Waals surface area contributed by atoms with Crippen LogP contribution in [0.1, 0.15) is 29.5 Å². The molecule has 8 nitrogen and oxygen atoms in total. The van der Waals surface area contributed by atoms with Crippen LogP contribution >= 0.6 is 11.6 Å². The van der Waals surface area contributed by atoms with Crippen molar-refractivity contribution in [2.75, 3.05) is 25.5 Å². The van der Waals surface area contributed by atoms with Crippen molar-refractivity contribution in [2.24, 2.45) is 0 Å². The molecule has 0 bridgehead atoms. The van der Waals surface area contributed by atoms with Crippen LogP contribution < -0.4 is 14.8 Å². The monoisotopic (exact) mass is 525 g/mol. The molecule has 2 heterocycles. The Labute approximate surface area is 218 Å². The Morgan fingerprint density at radius 1 is 1.19 bits per heavy atom. The molecule has 2 aliphatic heterocycles. The largest absolute Gasteiger partial charge is 0.490 e. The number of likely N-dealkylation sites (tertiary alicyclic amines) is 1. The van der Waals surface area contributed by atoms with E-state index >= 15 is 0 Å². The molecule has 1 spiro atoms. The van der Waals surface area contributed by atoms with Crippen LogP contribution in [0.15, 0.2) is 60.7 Å². The third kappa shape index (κ3) is 3.98. The van der Waals surface area contributed by atoms with Crippen molar-refractivity contribution in [3.8, 4) is 11.5 Å². The Bertz CT molecular complexity index is 1390. The molecule has 37 heavy (non-hydrogen) atoms. The molecule has 0 saturated carbocycles. The lowest BCUT2D eigenvalue weighted by atomic mass is 9.79. The molecule has 0 aliphatic carbocycles. The summed E-state index contributed by atoms with van der Waals surface area (Å²) < 4.78 is 25.7. The van der Waals surface area contributed by atoms with Gasteiger partial charge in [-0.3, -0.25) is 19.8 Å². The van der Waals surface area contributed by atoms with Gasteiger partial charge in [0.25, 0.3) is 11.9 Å². The quantitative estimate of drug-likeness (QED) is 0.345. The number of amides is 1. The van der Waals surface area contributed by atoms with Crippen LogP contribution in [0.5, 0.6) is 11.5 Å². The fourth-order valence-corrected chi connectivity index (χ4v) is 5.82. The number of fused-ring (bicyclic) bond motifs is 2. The van der Waals surface area contributed by atoms with Gasteiger partial charge >= 0.3 is 0 Å². The summed E-state index contributed by atoms with van der Waals surface area (Å²) in [5.74, 6) is -0.992. The lowest BCUT2D eigenvalue weighted by Gasteiger charge is -2.30. The summed E-state index contributed by atoms with van der Waals surface area (Å²) in [6.07, 6.45) is 0. The molecular formula is C27H25ClFN3O5. The summed E-state index contributed by atoms with van der Waals surface area (Å²) in [6, 6.07) is 15.3. The van der Waals surface area contributed by atoms with Crippen molar-refractivity contribution in [3.05, 3.63) is 98.3 Å². The number of anilines is 1. The van der Waals surface area contributed by atoms with Crippen molar-refractivity contribution >= 4 is 23.2 Å². The number of halogens is 2. The highest BCUT2D eigenvalue weighted by atomic mass is 35.5. The fourth-order valence-electron chi connectivity index (χ4n) is 5.55. The molecule has 5 rings (SSSR count). The standard InChI is InChI=1S/C27H25ClFN3O5/c1-3-36-23-13-17(12-20(28)24(23)37-15-16-8-4-6-10-21(16)29)18-14-31(2)27(25(18)32(34)35)19-9-5-7-11-22(19)30-26(27)33/h4-13,18,25H,3,14-15H2,1-2H3,(H,30,33)/t18-,25+,27+/m0/s1. The summed E-state index contributed by atoms with van der Waals surface area (Å²) in [7, 11) is 1.72. The summed E-state index contributed by atoms with van der Waals surface area (Å²) >= 11 is 6.62. The molecular weight excluding hydrogens is 501 g/mol. The number of rotatable bonds is 7. The van der Waals surface area contributed by atoms with Gasteiger partial charge in [0.2, 0.25) is 0 Å². The maximum atomic E-state index is 14.1. The number of hydrogen-bond acceptors (Lipinski definition) is 6. The van der Waals surface area contributed by atoms with E-state index in [0.29, 0.717) is 34.7 Å². The van der Waals surface area contributed by atoms with E-state index < -0.39 is 29.2 Å². The van der Waals surface area contributed by atoms with Gasteiger partial charge in [-0.05, 0) is 43.8 Å². The normalized spacial score (nSPS) is 22.6. The molecule has 0 unspecified atom stereocenters. The topological polar surface area (TPSA) is 93.9 Å². The summed E-state index contributed by atoms with van der Waals surface area (Å²) in [6.45, 7) is 2.25. The molecule has 1 N–H and O–H groups in total. The van der Waals surface area contributed by atoms with E-state index in [1.54, 1.807) is 73.5 Å². The molecule has 1 fully saturated rings. The van der Waals surface area contributed by atoms with E-state index in [1.165, 1.54) is 6.07 Å². The first-order valence-electron chi connectivity index (χ1n) is 11.9. The SMILES string of the molecule is CCOc1cc([C@@H]2CN(C)[C@@]3(C(=O)Nc4ccccc43)[C@@H]2[N+](=O)[O-])cc(Cl)c1OCc1ccccc1F. The second kappa shape index (κ2) is 9.64. The van der Waals surface area contributed by atoms with E-state index in [0.717, 1.165) is 0 Å². The fraction of sp³-hybridized carbons (Fsp3) is 0.296. The maximum absolute atomic E-state index is 14.1. The van der Waals surface area contributed by atoms with Gasteiger partial charge in [-0.1, -0.05) is 48.0 Å². The highest BCUT2D eigenvalue weighted by Gasteiger charge is 2.68. The van der Waals surface area contributed by atoms with Gasteiger partial charge in [0.05, 0.1) is 17.5 Å². The van der Waals surface area contributed by atoms with Gasteiger partial charge in [-0.15, -0.1) is 0 Å². The minimum atomic E-state index is -1.47. The van der Waals surface area contributed by atoms with Crippen molar-refractivity contribution in [3.63, 3.8) is 0 Å². The first-order chi connectivity index (χ1) is 17.8. The minimum Gasteiger partial charge on any atom is -0.490 e. The lowest BCUT2D eigenvalue weighted by Crippen LogP contribution is -2.54. The second-order valence-electron chi connectivity index (χ2n) is 9.13. The number of carbonyl (C=O) groups is 1. The van der Waals surface area contributed by atoms with E-state index in [4.69, 9.17) is 21.1 Å². The zero-order valence-electron chi connectivity index (χ0n) is 20.2. The Morgan fingerprint density at radius 3 is 2.65 bits per heavy atom. The van der Waals surface area contributed by atoms with Gasteiger partial charge in [0, 0.05) is 28.3 Å². The van der Waals surface area contributed by atoms with E-state index in [2.05, 4.69) is 5.32 Å². The number of para-hydroxylation sites is 1. The third-order valence-electron chi connectivity index (χ3n) is 7.13. The zero-order valence-corrected chi connectivity index (χ0v) is 21.0. The average Bonchev–Trinajstić information content (AvgIpc) is 3.34. The number of nitro groups is 1. The first kappa shape index (κ1) is 25.0. The predicted molar refractivity (Wildman–Crippen MR) is 136 cm³/mol. The van der Waals surface area contributed by atoms with Crippen molar-refractivity contribution in [1.29, 1.82) is 0 Å². The Balaban J connectivity index is 1.55. The highest BCUT2D eigenvalue weighted by molar-refractivity contribution is 6.32. The third-order valence-corrected chi connectivity index (χ3v) is 7.41. The molecule has 3 atom stereocenters. The Kier molecular flexibility index (Phi) is 6.51. The number of nitrogens with zero attached hydrogens (tertiary/aromatic N) is 2. The van der Waals surface area contributed by atoms with E-state index in [-0.39, 0.29) is 28.8 Å². The lowest BCUT2D eigenvalue weighted by molar-refractivity contribution is -0.534. The van der Waals surface area contributed by atoms with E-state index in [1.807, 2.05) is 0 Å². The van der Waals surface area contributed by atoms with Gasteiger partial charge in [-0.25, -0.2) is 4.39 Å². The molecule has 192 valence electrons. The van der Waals surface area contributed by atoms with Crippen LogP contribution in [0.25, 0.3) is 0 Å². The zero-order chi connectivity index (χ0) is 26.3. The molecule has 10 heteroatoms. The average molecular weight is 526 g/mol. The summed E-state index contributed by atoms with van der Waals surface area (Å²) in [5, 5.41) is 15.6. The minimum absolute atomic E-state index is 0.0738. The van der Waals surface area contributed by atoms with Gasteiger partial charge < -0.3 is 14.8 Å². The molecule has 3 aromatic rings. The van der Waals surface area contributed by atoms with Gasteiger partial charge in [0.15, 0.2) is 17.0 Å². The van der Waals surface area contributed by atoms with Crippen molar-refractivity contribution < 1.29 is 23.6 Å². The van der Waals surface area contributed by atoms with Crippen LogP contribution in [0.4, 0.5) is 10.1 Å². The van der Waals surface area contributed by atoms with Crippen LogP contribution in [-0.4, -0.2) is 42.0 Å². The second-order valence-corrected chi connectivity index (χ2v) is 9.53. The number of benzene rings is 3. The van der Waals surface area contributed by atoms with E-state index in [9.17, 15) is 19.3 Å². The number of nitrogens with one attached hydrogen (secondary N) is 1. The summed E-state index contributed by atoms with van der Waals surface area (Å²) in [5.41, 5.74) is 0.575. The van der Waals surface area contributed by atoms with Crippen LogP contribution in [0.3, 0.4) is 0 Å². The van der Waals surface area contributed by atoms with Crippen molar-refractivity contribution in [2.45, 2.75) is 31.0 Å². The smallest absolute Gasteiger partial charge is 0.256 e. The molecule has 0 aromatic heterocycles. The van der Waals surface area contributed by atoms with Crippen molar-refractivity contribution in [1.82, 2.24) is 4.90 Å².